The Labute approximate surface area is 116 Å². The van der Waals surface area contributed by atoms with E-state index in [-0.39, 0.29) is 0 Å². The van der Waals surface area contributed by atoms with E-state index in [0.717, 1.165) is 12.1 Å². The van der Waals surface area contributed by atoms with Crippen molar-refractivity contribution in [3.05, 3.63) is 30.1 Å². The zero-order chi connectivity index (χ0) is 14.8. The topological polar surface area (TPSA) is 83.5 Å². The van der Waals surface area contributed by atoms with Crippen molar-refractivity contribution in [2.24, 2.45) is 0 Å². The van der Waals surface area contributed by atoms with E-state index < -0.39 is 37.5 Å². The summed E-state index contributed by atoms with van der Waals surface area (Å²) in [5, 5.41) is 9.02. The number of carbonyl (C=O) groups is 1. The molecule has 1 aromatic rings. The molecule has 1 rings (SSSR count). The Bertz CT molecular complexity index is 581. The highest BCUT2D eigenvalue weighted by Gasteiger charge is 2.36. The molecule has 0 aromatic heterocycles. The Morgan fingerprint density at radius 1 is 1.42 bits per heavy atom. The first-order chi connectivity index (χ1) is 8.55. The molecule has 1 unspecified atom stereocenters. The van der Waals surface area contributed by atoms with E-state index in [0.29, 0.717) is 0 Å². The van der Waals surface area contributed by atoms with Crippen LogP contribution in [0.15, 0.2) is 29.2 Å². The third-order valence-corrected chi connectivity index (χ3v) is 4.07. The number of sulfonamides is 1. The van der Waals surface area contributed by atoms with Crippen molar-refractivity contribution in [3.63, 3.8) is 0 Å². The number of hydrogen-bond acceptors (Lipinski definition) is 4. The van der Waals surface area contributed by atoms with Crippen molar-refractivity contribution in [2.45, 2.75) is 29.5 Å². The van der Waals surface area contributed by atoms with Crippen LogP contribution in [0.1, 0.15) is 13.8 Å². The predicted octanol–water partition coefficient (Wildman–Crippen LogP) is 1.27. The average molecular weight is 307 g/mol. The summed E-state index contributed by atoms with van der Waals surface area (Å²) < 4.78 is 38.2. The van der Waals surface area contributed by atoms with E-state index in [1.165, 1.54) is 26.0 Å². The van der Waals surface area contributed by atoms with Gasteiger partial charge in [-0.25, -0.2) is 12.8 Å². The predicted molar refractivity (Wildman–Crippen MR) is 71.2 cm³/mol. The van der Waals surface area contributed by atoms with Gasteiger partial charge in [-0.3, -0.25) is 4.79 Å². The lowest BCUT2D eigenvalue weighted by Gasteiger charge is -2.26. The van der Waals surface area contributed by atoms with Crippen LogP contribution in [0.4, 0.5) is 4.39 Å². The highest BCUT2D eigenvalue weighted by atomic mass is 32.2. The van der Waals surface area contributed by atoms with Crippen LogP contribution in [-0.2, 0) is 14.8 Å². The maximum Gasteiger partial charge on any atom is 0.323 e. The molecule has 0 amide bonds. The maximum atomic E-state index is 13.4. The van der Waals surface area contributed by atoms with Crippen LogP contribution in [0.25, 0.3) is 0 Å². The van der Waals surface area contributed by atoms with E-state index in [1.807, 2.05) is 4.72 Å². The van der Waals surface area contributed by atoms with Crippen LogP contribution in [0.3, 0.4) is 0 Å². The highest BCUT2D eigenvalue weighted by molar-refractivity contribution is 7.89. The summed E-state index contributed by atoms with van der Waals surface area (Å²) >= 11 is 4.04. The molecule has 1 aromatic carbocycles. The zero-order valence-electron chi connectivity index (χ0n) is 10.3. The summed E-state index contributed by atoms with van der Waals surface area (Å²) in [4.78, 5) is 10.5. The van der Waals surface area contributed by atoms with Crippen LogP contribution in [0.5, 0.6) is 0 Å². The zero-order valence-corrected chi connectivity index (χ0v) is 12.0. The molecule has 0 aliphatic heterocycles. The number of hydrogen-bond donors (Lipinski definition) is 3. The number of carboxylic acids is 1. The molecule has 0 fully saturated rings. The Kier molecular flexibility index (Phi) is 4.59. The van der Waals surface area contributed by atoms with E-state index in [9.17, 15) is 17.6 Å². The largest absolute Gasteiger partial charge is 0.480 e. The summed E-state index contributed by atoms with van der Waals surface area (Å²) in [5.41, 5.74) is 0. The van der Waals surface area contributed by atoms with Gasteiger partial charge in [0.2, 0.25) is 10.0 Å². The molecule has 2 N–H and O–H groups in total. The minimum atomic E-state index is -4.27. The van der Waals surface area contributed by atoms with Crippen molar-refractivity contribution in [1.82, 2.24) is 4.72 Å². The Morgan fingerprint density at radius 2 is 1.95 bits per heavy atom. The first kappa shape index (κ1) is 15.9. The lowest BCUT2D eigenvalue weighted by molar-refractivity contribution is -0.139. The van der Waals surface area contributed by atoms with Gasteiger partial charge in [0.15, 0.2) is 0 Å². The Hall–Kier alpha value is -1.12. The number of carboxylic acid groups (broad SMARTS) is 1. The van der Waals surface area contributed by atoms with Crippen LogP contribution < -0.4 is 4.72 Å². The number of nitrogens with one attached hydrogen (secondary N) is 1. The molecular weight excluding hydrogens is 293 g/mol. The Morgan fingerprint density at radius 3 is 2.37 bits per heavy atom. The number of thiol groups is 1. The molecule has 19 heavy (non-hydrogen) atoms. The fraction of sp³-hybridized carbons (Fsp3) is 0.364. The molecule has 0 spiro atoms. The Balaban J connectivity index is 3.16. The molecule has 0 heterocycles. The van der Waals surface area contributed by atoms with E-state index >= 15 is 0 Å². The van der Waals surface area contributed by atoms with E-state index in [2.05, 4.69) is 12.6 Å². The SMILES string of the molecule is CC(C)(S)C(NS(=O)(=O)c1ccccc1F)C(=O)O. The minimum absolute atomic E-state index is 0.598. The van der Waals surface area contributed by atoms with Crippen LogP contribution >= 0.6 is 12.6 Å². The monoisotopic (exact) mass is 307 g/mol. The first-order valence-electron chi connectivity index (χ1n) is 5.28. The average Bonchev–Trinajstić information content (AvgIpc) is 2.24. The molecule has 106 valence electrons. The fourth-order valence-corrected chi connectivity index (χ4v) is 3.06. The van der Waals surface area contributed by atoms with Gasteiger partial charge in [-0.05, 0) is 26.0 Å². The van der Waals surface area contributed by atoms with Crippen molar-refractivity contribution >= 4 is 28.6 Å². The van der Waals surface area contributed by atoms with E-state index in [4.69, 9.17) is 5.11 Å². The molecule has 0 saturated carbocycles. The molecule has 5 nitrogen and oxygen atoms in total. The standard InChI is InChI=1S/C11H14FNO4S2/c1-11(2,18)9(10(14)15)13-19(16,17)8-6-4-3-5-7(8)12/h3-6,9,13,18H,1-2H3,(H,14,15). The number of aliphatic carboxylic acids is 1. The van der Waals surface area contributed by atoms with Crippen molar-refractivity contribution in [2.75, 3.05) is 0 Å². The van der Waals surface area contributed by atoms with Crippen molar-refractivity contribution in [1.29, 1.82) is 0 Å². The molecule has 1 atom stereocenters. The number of benzene rings is 1. The maximum absolute atomic E-state index is 13.4. The molecule has 0 aliphatic carbocycles. The molecule has 0 bridgehead atoms. The number of halogens is 1. The summed E-state index contributed by atoms with van der Waals surface area (Å²) in [6.07, 6.45) is 0. The summed E-state index contributed by atoms with van der Waals surface area (Å²) in [5.74, 6) is -2.34. The van der Waals surface area contributed by atoms with Gasteiger partial charge >= 0.3 is 5.97 Å². The van der Waals surface area contributed by atoms with Gasteiger partial charge < -0.3 is 5.11 Å². The van der Waals surface area contributed by atoms with Gasteiger partial charge in [-0.15, -0.1) is 0 Å². The molecule has 8 heteroatoms. The first-order valence-corrected chi connectivity index (χ1v) is 7.21. The van der Waals surface area contributed by atoms with Gasteiger partial charge in [0, 0.05) is 4.75 Å². The quantitative estimate of drug-likeness (QED) is 0.715. The minimum Gasteiger partial charge on any atom is -0.480 e. The second-order valence-electron chi connectivity index (χ2n) is 4.48. The van der Waals surface area contributed by atoms with Gasteiger partial charge in [0.1, 0.15) is 16.8 Å². The second-order valence-corrected chi connectivity index (χ2v) is 7.31. The fourth-order valence-electron chi connectivity index (χ4n) is 1.38. The molecule has 0 radical (unpaired) electrons. The van der Waals surface area contributed by atoms with Gasteiger partial charge in [0.25, 0.3) is 0 Å². The normalized spacial score (nSPS) is 14.1. The smallest absolute Gasteiger partial charge is 0.323 e. The van der Waals surface area contributed by atoms with Gasteiger partial charge in [-0.2, -0.15) is 17.4 Å². The van der Waals surface area contributed by atoms with Crippen LogP contribution in [-0.4, -0.2) is 30.3 Å². The third-order valence-electron chi connectivity index (χ3n) is 2.35. The summed E-state index contributed by atoms with van der Waals surface area (Å²) in [6.45, 7) is 2.89. The lowest BCUT2D eigenvalue weighted by Crippen LogP contribution is -2.51. The highest BCUT2D eigenvalue weighted by Crippen LogP contribution is 2.21. The molecule has 0 saturated heterocycles. The van der Waals surface area contributed by atoms with Crippen LogP contribution in [0.2, 0.25) is 0 Å². The van der Waals surface area contributed by atoms with Crippen molar-refractivity contribution in [3.8, 4) is 0 Å². The molecular formula is C11H14FNO4S2. The second kappa shape index (κ2) is 5.48. The third kappa shape index (κ3) is 3.92. The van der Waals surface area contributed by atoms with Gasteiger partial charge in [0.05, 0.1) is 0 Å². The van der Waals surface area contributed by atoms with Gasteiger partial charge in [-0.1, -0.05) is 12.1 Å². The van der Waals surface area contributed by atoms with Crippen LogP contribution in [0, 0.1) is 5.82 Å². The summed E-state index contributed by atoms with van der Waals surface area (Å²) in [7, 11) is -4.27. The molecule has 0 aliphatic rings. The van der Waals surface area contributed by atoms with E-state index in [1.54, 1.807) is 0 Å². The number of rotatable bonds is 5. The summed E-state index contributed by atoms with van der Waals surface area (Å²) in [6, 6.07) is 3.24. The lowest BCUT2D eigenvalue weighted by atomic mass is 10.1. The van der Waals surface area contributed by atoms with Crippen molar-refractivity contribution < 1.29 is 22.7 Å².